The molecule has 0 radical (unpaired) electrons. The lowest BCUT2D eigenvalue weighted by Crippen LogP contribution is -2.09. The highest BCUT2D eigenvalue weighted by Crippen LogP contribution is 2.25. The normalized spacial score (nSPS) is 10.2. The molecule has 2 N–H and O–H groups in total. The summed E-state index contributed by atoms with van der Waals surface area (Å²) in [7, 11) is 0. The van der Waals surface area contributed by atoms with Gasteiger partial charge in [-0.3, -0.25) is 4.98 Å². The molecule has 0 unspecified atom stereocenters. The third-order valence-electron chi connectivity index (χ3n) is 1.94. The van der Waals surface area contributed by atoms with Crippen molar-refractivity contribution < 1.29 is 5.11 Å². The number of phenolic OH excluding ortho intramolecular Hbond substituents is 1. The van der Waals surface area contributed by atoms with Gasteiger partial charge in [-0.25, -0.2) is 9.78 Å². The van der Waals surface area contributed by atoms with E-state index in [0.29, 0.717) is 5.56 Å². The average Bonchev–Trinajstić information content (AvgIpc) is 2.20. The summed E-state index contributed by atoms with van der Waals surface area (Å²) in [4.78, 5) is 16.8. The highest BCUT2D eigenvalue weighted by Gasteiger charge is 2.04. The molecule has 0 aliphatic rings. The van der Waals surface area contributed by atoms with Gasteiger partial charge in [-0.05, 0) is 17.7 Å². The van der Waals surface area contributed by atoms with Crippen LogP contribution in [0.5, 0.6) is 5.75 Å². The number of halogens is 1. The predicted octanol–water partition coefficient (Wildman–Crippen LogP) is 1.80. The van der Waals surface area contributed by atoms with Crippen molar-refractivity contribution in [3.8, 4) is 16.9 Å². The maximum atomic E-state index is 10.8. The minimum atomic E-state index is -0.484. The number of aromatic hydroxyl groups is 1. The van der Waals surface area contributed by atoms with Gasteiger partial charge in [-0.2, -0.15) is 0 Å². The zero-order valence-electron chi connectivity index (χ0n) is 7.57. The average molecular weight is 223 g/mol. The Morgan fingerprint density at radius 3 is 2.53 bits per heavy atom. The molecule has 0 saturated carbocycles. The van der Waals surface area contributed by atoms with Crippen LogP contribution in [0.3, 0.4) is 0 Å². The van der Waals surface area contributed by atoms with Gasteiger partial charge in [0.2, 0.25) is 0 Å². The fourth-order valence-electron chi connectivity index (χ4n) is 1.22. The number of hydrogen-bond acceptors (Lipinski definition) is 3. The molecule has 76 valence electrons. The number of aromatic amines is 1. The molecule has 1 heterocycles. The molecule has 2 aromatic rings. The van der Waals surface area contributed by atoms with E-state index >= 15 is 0 Å². The van der Waals surface area contributed by atoms with Crippen molar-refractivity contribution in [1.82, 2.24) is 9.97 Å². The summed E-state index contributed by atoms with van der Waals surface area (Å²) in [5.41, 5.74) is 0.917. The van der Waals surface area contributed by atoms with Crippen LogP contribution in [0, 0.1) is 0 Å². The van der Waals surface area contributed by atoms with Crippen molar-refractivity contribution in [3.63, 3.8) is 0 Å². The molecule has 4 nitrogen and oxygen atoms in total. The van der Waals surface area contributed by atoms with Gasteiger partial charge in [0.05, 0.1) is 0 Å². The molecule has 1 aromatic heterocycles. The van der Waals surface area contributed by atoms with Crippen LogP contribution in [0.4, 0.5) is 0 Å². The third-order valence-corrected chi connectivity index (χ3v) is 2.24. The standard InChI is InChI=1S/C10H7ClN2O2/c11-9-8(5-12-10(15)13-9)6-1-3-7(14)4-2-6/h1-5,14H,(H,12,13,15). The van der Waals surface area contributed by atoms with Crippen LogP contribution in [0.15, 0.2) is 35.3 Å². The molecule has 0 saturated heterocycles. The topological polar surface area (TPSA) is 66.0 Å². The largest absolute Gasteiger partial charge is 0.508 e. The van der Waals surface area contributed by atoms with E-state index in [0.717, 1.165) is 5.56 Å². The predicted molar refractivity (Wildman–Crippen MR) is 57.0 cm³/mol. The molecule has 0 fully saturated rings. The quantitative estimate of drug-likeness (QED) is 0.723. The lowest BCUT2D eigenvalue weighted by molar-refractivity contribution is 0.475. The van der Waals surface area contributed by atoms with Crippen LogP contribution in [-0.4, -0.2) is 15.1 Å². The fraction of sp³-hybridized carbons (Fsp3) is 0. The van der Waals surface area contributed by atoms with Gasteiger partial charge < -0.3 is 5.11 Å². The lowest BCUT2D eigenvalue weighted by atomic mass is 10.1. The van der Waals surface area contributed by atoms with Crippen molar-refractivity contribution >= 4 is 11.6 Å². The zero-order valence-corrected chi connectivity index (χ0v) is 8.32. The summed E-state index contributed by atoms with van der Waals surface area (Å²) >= 11 is 5.85. The Hall–Kier alpha value is -1.81. The minimum absolute atomic E-state index is 0.173. The summed E-state index contributed by atoms with van der Waals surface area (Å²) < 4.78 is 0. The van der Waals surface area contributed by atoms with Gasteiger partial charge in [-0.1, -0.05) is 23.7 Å². The molecular formula is C10H7ClN2O2. The number of rotatable bonds is 1. The van der Waals surface area contributed by atoms with Gasteiger partial charge in [-0.15, -0.1) is 0 Å². The maximum Gasteiger partial charge on any atom is 0.346 e. The van der Waals surface area contributed by atoms with Gasteiger partial charge in [0, 0.05) is 11.8 Å². The molecule has 0 aliphatic carbocycles. The van der Waals surface area contributed by atoms with E-state index in [1.807, 2.05) is 0 Å². The van der Waals surface area contributed by atoms with E-state index in [4.69, 9.17) is 16.7 Å². The Kier molecular flexibility index (Phi) is 2.43. The molecule has 0 bridgehead atoms. The van der Waals surface area contributed by atoms with Crippen molar-refractivity contribution in [2.75, 3.05) is 0 Å². The van der Waals surface area contributed by atoms with Crippen LogP contribution in [0.1, 0.15) is 0 Å². The lowest BCUT2D eigenvalue weighted by Gasteiger charge is -2.02. The smallest absolute Gasteiger partial charge is 0.346 e. The van der Waals surface area contributed by atoms with Crippen LogP contribution < -0.4 is 5.69 Å². The maximum absolute atomic E-state index is 10.8. The van der Waals surface area contributed by atoms with E-state index in [9.17, 15) is 4.79 Å². The first-order valence-corrected chi connectivity index (χ1v) is 4.59. The highest BCUT2D eigenvalue weighted by atomic mass is 35.5. The van der Waals surface area contributed by atoms with Crippen LogP contribution in [0.25, 0.3) is 11.1 Å². The number of phenols is 1. The number of nitrogens with one attached hydrogen (secondary N) is 1. The second kappa shape index (κ2) is 3.74. The molecule has 2 rings (SSSR count). The summed E-state index contributed by atoms with van der Waals surface area (Å²) in [6.45, 7) is 0. The molecule has 0 atom stereocenters. The summed E-state index contributed by atoms with van der Waals surface area (Å²) in [5, 5.41) is 9.35. The number of nitrogens with zero attached hydrogens (tertiary/aromatic N) is 1. The number of benzene rings is 1. The van der Waals surface area contributed by atoms with Crippen molar-refractivity contribution in [1.29, 1.82) is 0 Å². The van der Waals surface area contributed by atoms with Crippen molar-refractivity contribution in [2.24, 2.45) is 0 Å². The summed E-state index contributed by atoms with van der Waals surface area (Å²) in [6, 6.07) is 6.46. The van der Waals surface area contributed by atoms with Gasteiger partial charge in [0.15, 0.2) is 0 Å². The zero-order chi connectivity index (χ0) is 10.8. The Morgan fingerprint density at radius 1 is 1.27 bits per heavy atom. The number of aromatic nitrogens is 2. The molecule has 5 heteroatoms. The third kappa shape index (κ3) is 1.99. The summed E-state index contributed by atoms with van der Waals surface area (Å²) in [6.07, 6.45) is 1.40. The van der Waals surface area contributed by atoms with E-state index < -0.39 is 5.69 Å². The molecule has 0 aliphatic heterocycles. The molecule has 1 aromatic carbocycles. The molecule has 0 spiro atoms. The van der Waals surface area contributed by atoms with E-state index in [-0.39, 0.29) is 10.9 Å². The fourth-order valence-corrected chi connectivity index (χ4v) is 1.45. The SMILES string of the molecule is O=c1ncc(-c2ccc(O)cc2)c(Cl)[nH]1. The van der Waals surface area contributed by atoms with Gasteiger partial charge >= 0.3 is 5.69 Å². The van der Waals surface area contributed by atoms with Crippen LogP contribution in [0.2, 0.25) is 5.15 Å². The first-order valence-electron chi connectivity index (χ1n) is 4.21. The first-order chi connectivity index (χ1) is 7.16. The number of H-pyrrole nitrogens is 1. The monoisotopic (exact) mass is 222 g/mol. The summed E-state index contributed by atoms with van der Waals surface area (Å²) in [5.74, 6) is 0.173. The first kappa shape index (κ1) is 9.73. The van der Waals surface area contributed by atoms with Crippen LogP contribution >= 0.6 is 11.6 Å². The van der Waals surface area contributed by atoms with Gasteiger partial charge in [0.25, 0.3) is 0 Å². The van der Waals surface area contributed by atoms with E-state index in [1.54, 1.807) is 12.1 Å². The van der Waals surface area contributed by atoms with Crippen molar-refractivity contribution in [2.45, 2.75) is 0 Å². The Bertz CT molecular complexity index is 534. The van der Waals surface area contributed by atoms with Gasteiger partial charge in [0.1, 0.15) is 10.9 Å². The Morgan fingerprint density at radius 2 is 1.93 bits per heavy atom. The Balaban J connectivity index is 2.54. The second-order valence-corrected chi connectivity index (χ2v) is 3.34. The molecular weight excluding hydrogens is 216 g/mol. The molecule has 15 heavy (non-hydrogen) atoms. The Labute approximate surface area is 90.2 Å². The minimum Gasteiger partial charge on any atom is -0.508 e. The number of hydrogen-bond donors (Lipinski definition) is 2. The van der Waals surface area contributed by atoms with E-state index in [2.05, 4.69) is 9.97 Å². The molecule has 0 amide bonds. The van der Waals surface area contributed by atoms with E-state index in [1.165, 1.54) is 18.3 Å². The van der Waals surface area contributed by atoms with Crippen LogP contribution in [-0.2, 0) is 0 Å². The second-order valence-electron chi connectivity index (χ2n) is 2.96. The van der Waals surface area contributed by atoms with Crippen molar-refractivity contribution in [3.05, 3.63) is 46.1 Å². The highest BCUT2D eigenvalue weighted by molar-refractivity contribution is 6.32.